The van der Waals surface area contributed by atoms with Crippen molar-refractivity contribution in [3.05, 3.63) is 0 Å². The first-order chi connectivity index (χ1) is 5.99. The fourth-order valence-electron chi connectivity index (χ4n) is 1.41. The van der Waals surface area contributed by atoms with Crippen molar-refractivity contribution in [1.29, 1.82) is 0 Å². The topological polar surface area (TPSA) is 55.1 Å². The molecule has 1 unspecified atom stereocenters. The highest BCUT2D eigenvalue weighted by Crippen LogP contribution is 2.32. The molecule has 0 aliphatic heterocycles. The Morgan fingerprint density at radius 1 is 1.54 bits per heavy atom. The molecule has 13 heavy (non-hydrogen) atoms. The molecule has 0 saturated heterocycles. The van der Waals surface area contributed by atoms with E-state index < -0.39 is 5.54 Å². The molecular weight excluding hydrogens is 164 g/mol. The normalized spacial score (nSPS) is 21.3. The van der Waals surface area contributed by atoms with E-state index in [2.05, 4.69) is 26.1 Å². The third-order valence-electron chi connectivity index (χ3n) is 2.80. The van der Waals surface area contributed by atoms with Crippen LogP contribution >= 0.6 is 0 Å². The van der Waals surface area contributed by atoms with Crippen LogP contribution in [0.25, 0.3) is 0 Å². The third kappa shape index (κ3) is 2.44. The molecule has 1 amide bonds. The summed E-state index contributed by atoms with van der Waals surface area (Å²) >= 11 is 0. The standard InChI is InChI=1S/C10H20N2O/c1-4-8(7(2)3)12-9(13)10(11)5-6-10/h7-8H,4-6,11H2,1-3H3,(H,12,13). The second kappa shape index (κ2) is 3.66. The van der Waals surface area contributed by atoms with Gasteiger partial charge in [0.05, 0.1) is 5.54 Å². The van der Waals surface area contributed by atoms with Crippen molar-refractivity contribution in [1.82, 2.24) is 5.32 Å². The van der Waals surface area contributed by atoms with Gasteiger partial charge in [-0.1, -0.05) is 20.8 Å². The maximum absolute atomic E-state index is 11.6. The molecule has 3 heteroatoms. The number of carbonyl (C=O) groups excluding carboxylic acids is 1. The molecule has 76 valence electrons. The summed E-state index contributed by atoms with van der Waals surface area (Å²) in [7, 11) is 0. The van der Waals surface area contributed by atoms with Crippen LogP contribution in [-0.4, -0.2) is 17.5 Å². The molecule has 0 heterocycles. The lowest BCUT2D eigenvalue weighted by Gasteiger charge is -2.22. The van der Waals surface area contributed by atoms with E-state index in [1.807, 2.05) is 0 Å². The summed E-state index contributed by atoms with van der Waals surface area (Å²) in [5, 5.41) is 3.00. The van der Waals surface area contributed by atoms with E-state index >= 15 is 0 Å². The van der Waals surface area contributed by atoms with Crippen LogP contribution in [0.2, 0.25) is 0 Å². The molecule has 0 aromatic rings. The zero-order chi connectivity index (χ0) is 10.1. The van der Waals surface area contributed by atoms with Gasteiger partial charge >= 0.3 is 0 Å². The number of hydrogen-bond acceptors (Lipinski definition) is 2. The van der Waals surface area contributed by atoms with Crippen LogP contribution in [0.5, 0.6) is 0 Å². The SMILES string of the molecule is CCC(NC(=O)C1(N)CC1)C(C)C. The quantitative estimate of drug-likeness (QED) is 0.685. The van der Waals surface area contributed by atoms with Gasteiger partial charge in [0, 0.05) is 6.04 Å². The molecule has 0 bridgehead atoms. The fraction of sp³-hybridized carbons (Fsp3) is 0.900. The maximum Gasteiger partial charge on any atom is 0.240 e. The van der Waals surface area contributed by atoms with Crippen LogP contribution in [0.1, 0.15) is 40.0 Å². The second-order valence-corrected chi connectivity index (χ2v) is 4.39. The molecular formula is C10H20N2O. The molecule has 0 aromatic carbocycles. The molecule has 3 nitrogen and oxygen atoms in total. The predicted octanol–water partition coefficient (Wildman–Crippen LogP) is 1.03. The zero-order valence-electron chi connectivity index (χ0n) is 8.76. The van der Waals surface area contributed by atoms with Gasteiger partial charge < -0.3 is 11.1 Å². The number of nitrogens with one attached hydrogen (secondary N) is 1. The van der Waals surface area contributed by atoms with Gasteiger partial charge in [0.1, 0.15) is 0 Å². The van der Waals surface area contributed by atoms with Crippen LogP contribution in [0.15, 0.2) is 0 Å². The van der Waals surface area contributed by atoms with Crippen LogP contribution in [-0.2, 0) is 4.79 Å². The lowest BCUT2D eigenvalue weighted by atomic mass is 10.0. The number of hydrogen-bond donors (Lipinski definition) is 2. The molecule has 0 radical (unpaired) electrons. The molecule has 1 aliphatic carbocycles. The highest BCUT2D eigenvalue weighted by Gasteiger charge is 2.46. The monoisotopic (exact) mass is 184 g/mol. The van der Waals surface area contributed by atoms with Crippen molar-refractivity contribution in [3.63, 3.8) is 0 Å². The largest absolute Gasteiger partial charge is 0.352 e. The van der Waals surface area contributed by atoms with Crippen molar-refractivity contribution in [2.75, 3.05) is 0 Å². The molecule has 0 spiro atoms. The lowest BCUT2D eigenvalue weighted by molar-refractivity contribution is -0.124. The van der Waals surface area contributed by atoms with Crippen LogP contribution in [0.4, 0.5) is 0 Å². The van der Waals surface area contributed by atoms with Gasteiger partial charge in [0.2, 0.25) is 5.91 Å². The summed E-state index contributed by atoms with van der Waals surface area (Å²) in [5.41, 5.74) is 5.26. The summed E-state index contributed by atoms with van der Waals surface area (Å²) in [6, 6.07) is 0.272. The molecule has 1 fully saturated rings. The Bertz CT molecular complexity index is 197. The predicted molar refractivity (Wildman–Crippen MR) is 53.2 cm³/mol. The van der Waals surface area contributed by atoms with E-state index in [0.717, 1.165) is 19.3 Å². The molecule has 3 N–H and O–H groups in total. The number of nitrogens with two attached hydrogens (primary N) is 1. The van der Waals surface area contributed by atoms with Gasteiger partial charge in [-0.3, -0.25) is 4.79 Å². The summed E-state index contributed by atoms with van der Waals surface area (Å²) in [6.07, 6.45) is 2.65. The van der Waals surface area contributed by atoms with Gasteiger partial charge in [0.25, 0.3) is 0 Å². The number of carbonyl (C=O) groups is 1. The van der Waals surface area contributed by atoms with Crippen molar-refractivity contribution in [2.45, 2.75) is 51.6 Å². The van der Waals surface area contributed by atoms with Gasteiger partial charge in [0.15, 0.2) is 0 Å². The van der Waals surface area contributed by atoms with E-state index in [1.54, 1.807) is 0 Å². The summed E-state index contributed by atoms with van der Waals surface area (Å²) < 4.78 is 0. The fourth-order valence-corrected chi connectivity index (χ4v) is 1.41. The van der Waals surface area contributed by atoms with Gasteiger partial charge in [-0.15, -0.1) is 0 Å². The minimum Gasteiger partial charge on any atom is -0.352 e. The third-order valence-corrected chi connectivity index (χ3v) is 2.80. The Hall–Kier alpha value is -0.570. The van der Waals surface area contributed by atoms with E-state index in [9.17, 15) is 4.79 Å². The maximum atomic E-state index is 11.6. The Labute approximate surface area is 80.1 Å². The molecule has 1 aliphatic rings. The Morgan fingerprint density at radius 2 is 2.08 bits per heavy atom. The van der Waals surface area contributed by atoms with E-state index in [0.29, 0.717) is 5.92 Å². The number of amides is 1. The highest BCUT2D eigenvalue weighted by atomic mass is 16.2. The minimum absolute atomic E-state index is 0.0352. The summed E-state index contributed by atoms with van der Waals surface area (Å²) in [4.78, 5) is 11.6. The van der Waals surface area contributed by atoms with Crippen LogP contribution in [0, 0.1) is 5.92 Å². The first-order valence-electron chi connectivity index (χ1n) is 5.09. The molecule has 1 rings (SSSR count). The van der Waals surface area contributed by atoms with Crippen molar-refractivity contribution < 1.29 is 4.79 Å². The first-order valence-corrected chi connectivity index (χ1v) is 5.09. The van der Waals surface area contributed by atoms with Gasteiger partial charge in [-0.25, -0.2) is 0 Å². The lowest BCUT2D eigenvalue weighted by Crippen LogP contribution is -2.48. The van der Waals surface area contributed by atoms with Crippen LogP contribution < -0.4 is 11.1 Å². The average molecular weight is 184 g/mol. The second-order valence-electron chi connectivity index (χ2n) is 4.39. The van der Waals surface area contributed by atoms with E-state index in [1.165, 1.54) is 0 Å². The van der Waals surface area contributed by atoms with Gasteiger partial charge in [-0.05, 0) is 25.2 Å². The summed E-state index contributed by atoms with van der Waals surface area (Å²) in [6.45, 7) is 6.32. The Kier molecular flexibility index (Phi) is 2.96. The smallest absolute Gasteiger partial charge is 0.240 e. The number of rotatable bonds is 4. The average Bonchev–Trinajstić information content (AvgIpc) is 2.79. The van der Waals surface area contributed by atoms with Crippen molar-refractivity contribution in [2.24, 2.45) is 11.7 Å². The minimum atomic E-state index is -0.525. The van der Waals surface area contributed by atoms with Crippen molar-refractivity contribution in [3.8, 4) is 0 Å². The van der Waals surface area contributed by atoms with Crippen molar-refractivity contribution >= 4 is 5.91 Å². The molecule has 1 saturated carbocycles. The zero-order valence-corrected chi connectivity index (χ0v) is 8.76. The summed E-state index contributed by atoms with van der Waals surface area (Å²) in [5.74, 6) is 0.518. The van der Waals surface area contributed by atoms with E-state index in [4.69, 9.17) is 5.73 Å². The van der Waals surface area contributed by atoms with Gasteiger partial charge in [-0.2, -0.15) is 0 Å². The molecule has 1 atom stereocenters. The first kappa shape index (κ1) is 10.5. The molecule has 0 aromatic heterocycles. The Morgan fingerprint density at radius 3 is 2.38 bits per heavy atom. The highest BCUT2D eigenvalue weighted by molar-refractivity contribution is 5.89. The van der Waals surface area contributed by atoms with E-state index in [-0.39, 0.29) is 11.9 Å². The Balaban J connectivity index is 2.42. The van der Waals surface area contributed by atoms with Crippen LogP contribution in [0.3, 0.4) is 0 Å².